The van der Waals surface area contributed by atoms with Crippen molar-refractivity contribution in [3.8, 4) is 0 Å². The number of esters is 1. The van der Waals surface area contributed by atoms with Gasteiger partial charge in [-0.1, -0.05) is 17.7 Å². The molecule has 2 N–H and O–H groups in total. The summed E-state index contributed by atoms with van der Waals surface area (Å²) >= 11 is 0. The average molecular weight is 420 g/mol. The molecule has 2 rings (SSSR count). The molecule has 8 nitrogen and oxygen atoms in total. The molecule has 2 aromatic carbocycles. The topological polar surface area (TPSA) is 105 Å². The maximum absolute atomic E-state index is 12.2. The fraction of sp³-hybridized carbons (Fsp3) is 0.300. The number of sulfonamides is 1. The number of hydrogen-bond donors (Lipinski definition) is 2. The minimum absolute atomic E-state index is 0.0443. The van der Waals surface area contributed by atoms with Crippen molar-refractivity contribution in [2.45, 2.75) is 24.8 Å². The molecule has 0 bridgehead atoms. The van der Waals surface area contributed by atoms with Gasteiger partial charge in [-0.05, 0) is 50.2 Å². The molecule has 0 aromatic heterocycles. The fourth-order valence-electron chi connectivity index (χ4n) is 2.33. The second kappa shape index (κ2) is 9.53. The molecule has 2 aromatic rings. The second-order valence-corrected chi connectivity index (χ2v) is 8.47. The van der Waals surface area contributed by atoms with Gasteiger partial charge in [-0.2, -0.15) is 4.72 Å². The molecule has 0 aliphatic carbocycles. The van der Waals surface area contributed by atoms with Crippen LogP contribution in [0, 0.1) is 6.92 Å². The first kappa shape index (κ1) is 22.4. The normalized spacial score (nSPS) is 12.1. The number of aryl methyl sites for hydroxylation is 1. The van der Waals surface area contributed by atoms with E-state index in [0.29, 0.717) is 5.69 Å². The van der Waals surface area contributed by atoms with E-state index in [2.05, 4.69) is 10.0 Å². The van der Waals surface area contributed by atoms with Gasteiger partial charge in [0.2, 0.25) is 10.0 Å². The number of carbonyl (C=O) groups excluding carboxylic acids is 2. The summed E-state index contributed by atoms with van der Waals surface area (Å²) in [5, 5.41) is 2.64. The van der Waals surface area contributed by atoms with Gasteiger partial charge in [0.05, 0.1) is 4.90 Å². The zero-order chi connectivity index (χ0) is 21.6. The third-order valence-corrected chi connectivity index (χ3v) is 5.48. The summed E-state index contributed by atoms with van der Waals surface area (Å²) in [6.07, 6.45) is -1.08. The van der Waals surface area contributed by atoms with E-state index in [1.165, 1.54) is 19.1 Å². The molecule has 0 unspecified atom stereocenters. The molecule has 0 aliphatic heterocycles. The predicted molar refractivity (Wildman–Crippen MR) is 111 cm³/mol. The third kappa shape index (κ3) is 6.58. The first-order chi connectivity index (χ1) is 13.6. The Kier molecular flexibility index (Phi) is 7.35. The van der Waals surface area contributed by atoms with E-state index < -0.39 is 34.5 Å². The van der Waals surface area contributed by atoms with E-state index in [1.807, 2.05) is 38.1 Å². The first-order valence-electron chi connectivity index (χ1n) is 8.92. The van der Waals surface area contributed by atoms with Crippen LogP contribution in [-0.2, 0) is 24.3 Å². The fourth-order valence-corrected chi connectivity index (χ4v) is 3.30. The Bertz CT molecular complexity index is 955. The molecule has 9 heteroatoms. The number of benzene rings is 2. The van der Waals surface area contributed by atoms with Crippen molar-refractivity contribution >= 4 is 33.3 Å². The van der Waals surface area contributed by atoms with Crippen LogP contribution in [0.1, 0.15) is 12.5 Å². The average Bonchev–Trinajstić information content (AvgIpc) is 2.67. The highest BCUT2D eigenvalue weighted by atomic mass is 32.2. The molecule has 0 aliphatic rings. The van der Waals surface area contributed by atoms with Crippen LogP contribution >= 0.6 is 0 Å². The molecule has 0 saturated carbocycles. The molecule has 156 valence electrons. The Balaban J connectivity index is 1.86. The molecule has 0 heterocycles. The number of rotatable bonds is 8. The van der Waals surface area contributed by atoms with Crippen molar-refractivity contribution in [2.24, 2.45) is 0 Å². The SMILES string of the molecule is Cc1ccc(S(=O)(=O)NCC(=O)O[C@H](C)C(=O)Nc2ccc(N(C)C)cc2)cc1. The Morgan fingerprint density at radius 3 is 2.17 bits per heavy atom. The number of hydrogen-bond acceptors (Lipinski definition) is 6. The Hall–Kier alpha value is -2.91. The summed E-state index contributed by atoms with van der Waals surface area (Å²) in [6, 6.07) is 13.4. The molecular weight excluding hydrogens is 394 g/mol. The minimum Gasteiger partial charge on any atom is -0.452 e. The van der Waals surface area contributed by atoms with Gasteiger partial charge in [0.25, 0.3) is 5.91 Å². The zero-order valence-electron chi connectivity index (χ0n) is 16.8. The molecule has 29 heavy (non-hydrogen) atoms. The van der Waals surface area contributed by atoms with Crippen LogP contribution in [0.4, 0.5) is 11.4 Å². The quantitative estimate of drug-likeness (QED) is 0.634. The summed E-state index contributed by atoms with van der Waals surface area (Å²) in [6.45, 7) is 2.67. The third-order valence-electron chi connectivity index (χ3n) is 4.07. The maximum atomic E-state index is 12.2. The Morgan fingerprint density at radius 2 is 1.62 bits per heavy atom. The summed E-state index contributed by atoms with van der Waals surface area (Å²) < 4.78 is 31.5. The smallest absolute Gasteiger partial charge is 0.321 e. The van der Waals surface area contributed by atoms with Crippen molar-refractivity contribution in [2.75, 3.05) is 30.9 Å². The van der Waals surface area contributed by atoms with E-state index in [1.54, 1.807) is 24.3 Å². The lowest BCUT2D eigenvalue weighted by Gasteiger charge is -2.15. The van der Waals surface area contributed by atoms with E-state index in [0.717, 1.165) is 11.3 Å². The van der Waals surface area contributed by atoms with Gasteiger partial charge >= 0.3 is 5.97 Å². The molecule has 1 amide bonds. The van der Waals surface area contributed by atoms with Crippen molar-refractivity contribution in [1.82, 2.24) is 4.72 Å². The zero-order valence-corrected chi connectivity index (χ0v) is 17.6. The molecule has 0 spiro atoms. The largest absolute Gasteiger partial charge is 0.452 e. The number of anilines is 2. The molecule has 0 saturated heterocycles. The Labute approximate surface area is 170 Å². The van der Waals surface area contributed by atoms with Gasteiger partial charge in [0, 0.05) is 25.5 Å². The van der Waals surface area contributed by atoms with E-state index in [-0.39, 0.29) is 4.90 Å². The van der Waals surface area contributed by atoms with Gasteiger partial charge in [-0.15, -0.1) is 0 Å². The van der Waals surface area contributed by atoms with Gasteiger partial charge in [-0.3, -0.25) is 9.59 Å². The van der Waals surface area contributed by atoms with E-state index in [4.69, 9.17) is 4.74 Å². The number of amides is 1. The number of nitrogens with zero attached hydrogens (tertiary/aromatic N) is 1. The van der Waals surface area contributed by atoms with Gasteiger partial charge in [0.15, 0.2) is 6.10 Å². The standard InChI is InChI=1S/C20H25N3O5S/c1-14-5-11-18(12-6-14)29(26,27)21-13-19(24)28-15(2)20(25)22-16-7-9-17(10-8-16)23(3)4/h5-12,15,21H,13H2,1-4H3,(H,22,25)/t15-/m1/s1. The second-order valence-electron chi connectivity index (χ2n) is 6.70. The minimum atomic E-state index is -3.84. The first-order valence-corrected chi connectivity index (χ1v) is 10.4. The van der Waals surface area contributed by atoms with Crippen LogP contribution in [0.5, 0.6) is 0 Å². The van der Waals surface area contributed by atoms with Crippen LogP contribution in [0.25, 0.3) is 0 Å². The van der Waals surface area contributed by atoms with Crippen LogP contribution in [-0.4, -0.2) is 47.0 Å². The van der Waals surface area contributed by atoms with Gasteiger partial charge < -0.3 is 15.0 Å². The monoisotopic (exact) mass is 419 g/mol. The van der Waals surface area contributed by atoms with Crippen LogP contribution < -0.4 is 14.9 Å². The molecule has 0 fully saturated rings. The van der Waals surface area contributed by atoms with Crippen molar-refractivity contribution in [3.05, 3.63) is 54.1 Å². The summed E-state index contributed by atoms with van der Waals surface area (Å²) in [4.78, 5) is 26.1. The lowest BCUT2D eigenvalue weighted by molar-refractivity contribution is -0.151. The summed E-state index contributed by atoms with van der Waals surface area (Å²) in [5.41, 5.74) is 2.45. The highest BCUT2D eigenvalue weighted by Crippen LogP contribution is 2.16. The van der Waals surface area contributed by atoms with E-state index >= 15 is 0 Å². The van der Waals surface area contributed by atoms with Crippen molar-refractivity contribution in [3.63, 3.8) is 0 Å². The maximum Gasteiger partial charge on any atom is 0.321 e. The predicted octanol–water partition coefficient (Wildman–Crippen LogP) is 1.91. The van der Waals surface area contributed by atoms with Crippen LogP contribution in [0.15, 0.2) is 53.4 Å². The van der Waals surface area contributed by atoms with Crippen molar-refractivity contribution in [1.29, 1.82) is 0 Å². The molecule has 0 radical (unpaired) electrons. The highest BCUT2D eigenvalue weighted by Gasteiger charge is 2.20. The number of nitrogens with one attached hydrogen (secondary N) is 2. The van der Waals surface area contributed by atoms with Gasteiger partial charge in [0.1, 0.15) is 6.54 Å². The van der Waals surface area contributed by atoms with Gasteiger partial charge in [-0.25, -0.2) is 8.42 Å². The lowest BCUT2D eigenvalue weighted by Crippen LogP contribution is -2.35. The van der Waals surface area contributed by atoms with E-state index in [9.17, 15) is 18.0 Å². The number of carbonyl (C=O) groups is 2. The molecule has 1 atom stereocenters. The Morgan fingerprint density at radius 1 is 1.03 bits per heavy atom. The number of ether oxygens (including phenoxy) is 1. The summed E-state index contributed by atoms with van der Waals surface area (Å²) in [5.74, 6) is -1.37. The van der Waals surface area contributed by atoms with Crippen LogP contribution in [0.2, 0.25) is 0 Å². The van der Waals surface area contributed by atoms with Crippen LogP contribution in [0.3, 0.4) is 0 Å². The van der Waals surface area contributed by atoms with Crippen molar-refractivity contribution < 1.29 is 22.7 Å². The molecular formula is C20H25N3O5S. The highest BCUT2D eigenvalue weighted by molar-refractivity contribution is 7.89. The summed E-state index contributed by atoms with van der Waals surface area (Å²) in [7, 11) is -0.0333. The lowest BCUT2D eigenvalue weighted by atomic mass is 10.2.